The first-order valence-corrected chi connectivity index (χ1v) is 18.5. The molecule has 3 heteroatoms. The number of hydrogen-bond donors (Lipinski definition) is 0. The van der Waals surface area contributed by atoms with Crippen LogP contribution in [0.4, 0.5) is 11.4 Å². The minimum absolute atomic E-state index is 0.366. The van der Waals surface area contributed by atoms with Crippen LogP contribution in [-0.4, -0.2) is 4.57 Å². The van der Waals surface area contributed by atoms with Gasteiger partial charge in [-0.15, -0.1) is 11.3 Å². The maximum absolute atomic E-state index is 2.44. The van der Waals surface area contributed by atoms with Gasteiger partial charge in [-0.2, -0.15) is 0 Å². The molecule has 0 N–H and O–H groups in total. The quantitative estimate of drug-likeness (QED) is 0.181. The zero-order valence-corrected chi connectivity index (χ0v) is 28.6. The van der Waals surface area contributed by atoms with E-state index in [4.69, 9.17) is 0 Å². The van der Waals surface area contributed by atoms with Crippen LogP contribution in [-0.2, 0) is 0 Å². The van der Waals surface area contributed by atoms with Crippen molar-refractivity contribution in [2.24, 2.45) is 0 Å². The zero-order chi connectivity index (χ0) is 33.5. The molecule has 2 aliphatic rings. The molecule has 240 valence electrons. The number of rotatable bonds is 4. The van der Waals surface area contributed by atoms with Gasteiger partial charge < -0.3 is 9.47 Å². The summed E-state index contributed by atoms with van der Waals surface area (Å²) in [4.78, 5) is 2.44. The van der Waals surface area contributed by atoms with Crippen molar-refractivity contribution in [2.45, 2.75) is 12.3 Å². The summed E-state index contributed by atoms with van der Waals surface area (Å²) in [5.41, 5.74) is 13.9. The fraction of sp³-hybridized carbons (Fsp3) is 0.0417. The zero-order valence-electron chi connectivity index (χ0n) is 27.8. The second-order valence-corrected chi connectivity index (χ2v) is 14.8. The molecule has 0 saturated carbocycles. The number of hydrogen-bond acceptors (Lipinski definition) is 2. The molecular weight excluding hydrogens is 637 g/mol. The number of nitrogens with zero attached hydrogens (tertiary/aromatic N) is 2. The predicted octanol–water partition coefficient (Wildman–Crippen LogP) is 13.6. The number of thiophene rings is 1. The number of benzene rings is 7. The van der Waals surface area contributed by atoms with Crippen LogP contribution in [0, 0.1) is 0 Å². The van der Waals surface area contributed by atoms with Crippen molar-refractivity contribution in [3.63, 3.8) is 0 Å². The third-order valence-electron chi connectivity index (χ3n) is 10.9. The Morgan fingerprint density at radius 3 is 2.06 bits per heavy atom. The summed E-state index contributed by atoms with van der Waals surface area (Å²) in [6.45, 7) is 0. The Balaban J connectivity index is 0.989. The van der Waals surface area contributed by atoms with Crippen molar-refractivity contribution in [2.75, 3.05) is 4.90 Å². The van der Waals surface area contributed by atoms with Crippen molar-refractivity contribution in [3.8, 4) is 27.9 Å². The number of para-hydroxylation sites is 2. The highest BCUT2D eigenvalue weighted by molar-refractivity contribution is 7.25. The monoisotopic (exact) mass is 668 g/mol. The lowest BCUT2D eigenvalue weighted by Gasteiger charge is -2.24. The lowest BCUT2D eigenvalue weighted by atomic mass is 9.90. The number of allylic oxidation sites excluding steroid dienone is 4. The Morgan fingerprint density at radius 1 is 0.490 bits per heavy atom. The minimum Gasteiger partial charge on any atom is -0.313 e. The molecule has 0 fully saturated rings. The average molecular weight is 669 g/mol. The van der Waals surface area contributed by atoms with E-state index in [-0.39, 0.29) is 0 Å². The van der Waals surface area contributed by atoms with Crippen LogP contribution < -0.4 is 4.90 Å². The number of anilines is 2. The molecule has 0 spiro atoms. The first-order chi connectivity index (χ1) is 25.3. The fourth-order valence-corrected chi connectivity index (χ4v) is 9.58. The van der Waals surface area contributed by atoms with Crippen LogP contribution in [0.5, 0.6) is 0 Å². The van der Waals surface area contributed by atoms with E-state index in [0.29, 0.717) is 5.92 Å². The smallest absolute Gasteiger partial charge is 0.0541 e. The molecule has 2 aromatic heterocycles. The highest BCUT2D eigenvalue weighted by atomic mass is 32.1. The van der Waals surface area contributed by atoms with Gasteiger partial charge in [0.15, 0.2) is 0 Å². The van der Waals surface area contributed by atoms with Crippen molar-refractivity contribution in [3.05, 3.63) is 187 Å². The SMILES string of the molecule is C1=CCC2C(=C1)N(c1ccccc1)c1ccc(-c3ccc4c(c3)c3ccccc3n4-c3ccc(-c4ccc5sc6ccccc6c5c4)cc3)cc12. The summed E-state index contributed by atoms with van der Waals surface area (Å²) in [6.07, 6.45) is 7.82. The van der Waals surface area contributed by atoms with Crippen LogP contribution in [0.3, 0.4) is 0 Å². The molecule has 51 heavy (non-hydrogen) atoms. The van der Waals surface area contributed by atoms with E-state index in [1.807, 2.05) is 11.3 Å². The summed E-state index contributed by atoms with van der Waals surface area (Å²) >= 11 is 1.87. The molecule has 2 nitrogen and oxygen atoms in total. The third kappa shape index (κ3) is 4.42. The summed E-state index contributed by atoms with van der Waals surface area (Å²) in [5, 5.41) is 5.21. The molecule has 9 aromatic rings. The Bertz CT molecular complexity index is 2890. The van der Waals surface area contributed by atoms with E-state index >= 15 is 0 Å². The summed E-state index contributed by atoms with van der Waals surface area (Å²) in [6, 6.07) is 58.3. The predicted molar refractivity (Wildman–Crippen MR) is 218 cm³/mol. The fourth-order valence-electron chi connectivity index (χ4n) is 8.50. The van der Waals surface area contributed by atoms with Gasteiger partial charge in [0.1, 0.15) is 0 Å². The van der Waals surface area contributed by atoms with Gasteiger partial charge in [0.05, 0.1) is 11.0 Å². The van der Waals surface area contributed by atoms with Gasteiger partial charge in [0.2, 0.25) is 0 Å². The van der Waals surface area contributed by atoms with E-state index in [2.05, 4.69) is 185 Å². The third-order valence-corrected chi connectivity index (χ3v) is 12.0. The van der Waals surface area contributed by atoms with Gasteiger partial charge in [-0.3, -0.25) is 0 Å². The lowest BCUT2D eigenvalue weighted by molar-refractivity contribution is 0.820. The molecule has 3 heterocycles. The van der Waals surface area contributed by atoms with Crippen LogP contribution in [0.25, 0.3) is 69.9 Å². The Morgan fingerprint density at radius 2 is 1.16 bits per heavy atom. The molecular formula is C48H32N2S. The second-order valence-electron chi connectivity index (χ2n) is 13.7. The molecule has 0 bridgehead atoms. The van der Waals surface area contributed by atoms with Crippen molar-refractivity contribution < 1.29 is 0 Å². The summed E-state index contributed by atoms with van der Waals surface area (Å²) < 4.78 is 5.09. The van der Waals surface area contributed by atoms with Crippen molar-refractivity contribution in [1.29, 1.82) is 0 Å². The highest BCUT2D eigenvalue weighted by Crippen LogP contribution is 2.51. The first kappa shape index (κ1) is 28.7. The number of fused-ring (bicyclic) bond motifs is 9. The summed E-state index contributed by atoms with van der Waals surface area (Å²) in [7, 11) is 0. The first-order valence-electron chi connectivity index (χ1n) is 17.7. The van der Waals surface area contributed by atoms with Crippen LogP contribution in [0.15, 0.2) is 182 Å². The van der Waals surface area contributed by atoms with E-state index in [0.717, 1.165) is 6.42 Å². The average Bonchev–Trinajstić information content (AvgIpc) is 3.85. The normalized spacial score (nSPS) is 15.2. The standard InChI is InChI=1S/C48H32N2S/c1-2-10-35(11-3-1)49-43-15-7-4-12-37(43)40-28-33(20-25-45(40)49)34-21-26-46-41(29-34)38-13-5-8-16-44(38)50(46)36-23-18-31(19-24-36)32-22-27-48-42(30-32)39-14-6-9-17-47(39)51-48/h1-11,13-30,37H,12H2. The van der Waals surface area contributed by atoms with Crippen LogP contribution in [0.1, 0.15) is 17.9 Å². The van der Waals surface area contributed by atoms with Gasteiger partial charge in [-0.25, -0.2) is 0 Å². The molecule has 0 amide bonds. The second kappa shape index (κ2) is 11.2. The Kier molecular flexibility index (Phi) is 6.28. The minimum atomic E-state index is 0.366. The highest BCUT2D eigenvalue weighted by Gasteiger charge is 2.35. The Hall–Kier alpha value is -6.16. The topological polar surface area (TPSA) is 8.17 Å². The summed E-state index contributed by atoms with van der Waals surface area (Å²) in [5.74, 6) is 0.366. The van der Waals surface area contributed by atoms with E-state index in [1.54, 1.807) is 0 Å². The molecule has 1 unspecified atom stereocenters. The number of aromatic nitrogens is 1. The molecule has 1 aliphatic carbocycles. The van der Waals surface area contributed by atoms with Crippen LogP contribution in [0.2, 0.25) is 0 Å². The molecule has 0 saturated heterocycles. The van der Waals surface area contributed by atoms with Gasteiger partial charge in [0, 0.05) is 59.6 Å². The van der Waals surface area contributed by atoms with Crippen molar-refractivity contribution >= 4 is 64.7 Å². The van der Waals surface area contributed by atoms with Gasteiger partial charge in [-0.05, 0) is 113 Å². The molecule has 1 aliphatic heterocycles. The van der Waals surface area contributed by atoms with E-state index in [1.165, 1.54) is 92.6 Å². The Labute approximate surface area is 300 Å². The molecule has 1 atom stereocenters. The van der Waals surface area contributed by atoms with Crippen LogP contribution >= 0.6 is 11.3 Å². The van der Waals surface area contributed by atoms with E-state index < -0.39 is 0 Å². The lowest BCUT2D eigenvalue weighted by Crippen LogP contribution is -2.14. The van der Waals surface area contributed by atoms with Gasteiger partial charge in [0.25, 0.3) is 0 Å². The maximum Gasteiger partial charge on any atom is 0.0541 e. The molecule has 11 rings (SSSR count). The molecule has 0 radical (unpaired) electrons. The maximum atomic E-state index is 2.44. The van der Waals surface area contributed by atoms with E-state index in [9.17, 15) is 0 Å². The largest absolute Gasteiger partial charge is 0.313 e. The molecule has 7 aromatic carbocycles. The van der Waals surface area contributed by atoms with Crippen molar-refractivity contribution in [1.82, 2.24) is 4.57 Å². The van der Waals surface area contributed by atoms with Gasteiger partial charge >= 0.3 is 0 Å². The van der Waals surface area contributed by atoms with Gasteiger partial charge in [-0.1, -0.05) is 97.1 Å².